The summed E-state index contributed by atoms with van der Waals surface area (Å²) in [7, 11) is 0. The lowest BCUT2D eigenvalue weighted by Crippen LogP contribution is -2.25. The van der Waals surface area contributed by atoms with Gasteiger partial charge in [-0.05, 0) is 30.9 Å². The number of aromatic nitrogens is 2. The van der Waals surface area contributed by atoms with Crippen molar-refractivity contribution >= 4 is 22.8 Å². The summed E-state index contributed by atoms with van der Waals surface area (Å²) in [4.78, 5) is 31.1. The first-order valence-electron chi connectivity index (χ1n) is 6.77. The first kappa shape index (κ1) is 12.8. The molecule has 2 aromatic heterocycles. The lowest BCUT2D eigenvalue weighted by molar-refractivity contribution is -0.142. The summed E-state index contributed by atoms with van der Waals surface area (Å²) in [5, 5.41) is 10.1. The lowest BCUT2D eigenvalue weighted by atomic mass is 9.88. The van der Waals surface area contributed by atoms with Crippen LogP contribution in [0.25, 0.3) is 11.0 Å². The number of H-pyrrole nitrogens is 1. The van der Waals surface area contributed by atoms with E-state index in [1.165, 1.54) is 0 Å². The van der Waals surface area contributed by atoms with Crippen molar-refractivity contribution in [1.29, 1.82) is 0 Å². The van der Waals surface area contributed by atoms with Crippen LogP contribution in [-0.2, 0) is 4.79 Å². The molecule has 1 aliphatic rings. The molecule has 0 bridgehead atoms. The fraction of sp³-hybridized carbons (Fsp3) is 0.400. The molecule has 3 rings (SSSR count). The van der Waals surface area contributed by atoms with E-state index in [0.29, 0.717) is 24.1 Å². The minimum Gasteiger partial charge on any atom is -0.481 e. The Labute approximate surface area is 116 Å². The number of carboxylic acid groups (broad SMARTS) is 1. The number of aliphatic carboxylic acids is 1. The van der Waals surface area contributed by atoms with E-state index in [4.69, 9.17) is 0 Å². The Kier molecular flexibility index (Phi) is 3.04. The molecule has 0 aliphatic heterocycles. The van der Waals surface area contributed by atoms with Crippen LogP contribution in [0.3, 0.4) is 0 Å². The van der Waals surface area contributed by atoms with Crippen molar-refractivity contribution in [3.8, 4) is 0 Å². The quantitative estimate of drug-likeness (QED) is 0.841. The number of carbonyl (C=O) groups is 2. The summed E-state index contributed by atoms with van der Waals surface area (Å²) in [6.07, 6.45) is 4.52. The predicted octanol–water partition coefficient (Wildman–Crippen LogP) is 2.49. The molecule has 1 fully saturated rings. The number of Topliss-reactive ketones (excluding diaryl/α,β-unsaturated/α-hetero) is 1. The number of nitrogens with zero attached hydrogens (tertiary/aromatic N) is 1. The summed E-state index contributed by atoms with van der Waals surface area (Å²) in [6.45, 7) is 2.00. The van der Waals surface area contributed by atoms with E-state index >= 15 is 0 Å². The Balaban J connectivity index is 1.98. The van der Waals surface area contributed by atoms with Crippen molar-refractivity contribution in [3.05, 3.63) is 30.1 Å². The van der Waals surface area contributed by atoms with Crippen molar-refractivity contribution in [2.75, 3.05) is 0 Å². The molecule has 2 N–H and O–H groups in total. The molecule has 0 aromatic carbocycles. The van der Waals surface area contributed by atoms with Crippen molar-refractivity contribution in [1.82, 2.24) is 9.97 Å². The maximum absolute atomic E-state index is 12.7. The number of pyridine rings is 1. The number of nitrogens with one attached hydrogen (secondary N) is 1. The summed E-state index contributed by atoms with van der Waals surface area (Å²) in [5.41, 5.74) is 1.22. The fourth-order valence-electron chi connectivity index (χ4n) is 3.21. The Morgan fingerprint density at radius 3 is 2.85 bits per heavy atom. The van der Waals surface area contributed by atoms with Gasteiger partial charge in [-0.25, -0.2) is 4.98 Å². The smallest absolute Gasteiger partial charge is 0.307 e. The topological polar surface area (TPSA) is 83.0 Å². The van der Waals surface area contributed by atoms with Gasteiger partial charge in [-0.2, -0.15) is 0 Å². The van der Waals surface area contributed by atoms with E-state index < -0.39 is 17.8 Å². The highest BCUT2D eigenvalue weighted by Crippen LogP contribution is 2.39. The summed E-state index contributed by atoms with van der Waals surface area (Å²) in [5.74, 6) is -1.68. The maximum atomic E-state index is 12.7. The van der Waals surface area contributed by atoms with E-state index in [2.05, 4.69) is 9.97 Å². The highest BCUT2D eigenvalue weighted by atomic mass is 16.4. The second kappa shape index (κ2) is 4.74. The number of hydrogen-bond acceptors (Lipinski definition) is 3. The molecule has 0 spiro atoms. The van der Waals surface area contributed by atoms with Gasteiger partial charge in [0.15, 0.2) is 5.78 Å². The standard InChI is InChI=1S/C15H16N2O3/c1-8-5-10(11(6-8)15(19)20)13(18)12-7-17-14-9(12)3-2-4-16-14/h2-4,7-8,10-11H,5-6H2,1H3,(H,16,17)(H,19,20). The molecule has 20 heavy (non-hydrogen) atoms. The molecule has 1 saturated carbocycles. The Morgan fingerprint density at radius 2 is 2.10 bits per heavy atom. The summed E-state index contributed by atoms with van der Waals surface area (Å²) in [6, 6.07) is 3.61. The first-order chi connectivity index (χ1) is 9.58. The van der Waals surface area contributed by atoms with Crippen molar-refractivity contribution in [2.24, 2.45) is 17.8 Å². The number of ketones is 1. The van der Waals surface area contributed by atoms with Crippen LogP contribution in [0.4, 0.5) is 0 Å². The molecular formula is C15H16N2O3. The molecular weight excluding hydrogens is 256 g/mol. The number of fused-ring (bicyclic) bond motifs is 1. The Bertz CT molecular complexity index is 677. The monoisotopic (exact) mass is 272 g/mol. The lowest BCUT2D eigenvalue weighted by Gasteiger charge is -2.13. The van der Waals surface area contributed by atoms with Gasteiger partial charge in [-0.1, -0.05) is 6.92 Å². The zero-order valence-electron chi connectivity index (χ0n) is 11.2. The van der Waals surface area contributed by atoms with E-state index in [9.17, 15) is 14.7 Å². The van der Waals surface area contributed by atoms with Gasteiger partial charge in [0.05, 0.1) is 5.92 Å². The molecule has 5 heteroatoms. The molecule has 0 radical (unpaired) electrons. The predicted molar refractivity (Wildman–Crippen MR) is 73.4 cm³/mol. The van der Waals surface area contributed by atoms with Gasteiger partial charge in [0, 0.05) is 29.3 Å². The number of carbonyl (C=O) groups excluding carboxylic acids is 1. The molecule has 104 valence electrons. The summed E-state index contributed by atoms with van der Waals surface area (Å²) >= 11 is 0. The average Bonchev–Trinajstić information content (AvgIpc) is 3.01. The van der Waals surface area contributed by atoms with Crippen LogP contribution in [-0.4, -0.2) is 26.8 Å². The second-order valence-corrected chi connectivity index (χ2v) is 5.59. The Hall–Kier alpha value is -2.17. The molecule has 3 atom stereocenters. The number of hydrogen-bond donors (Lipinski definition) is 2. The van der Waals surface area contributed by atoms with Crippen molar-refractivity contribution in [3.63, 3.8) is 0 Å². The van der Waals surface area contributed by atoms with Crippen LogP contribution in [0.5, 0.6) is 0 Å². The van der Waals surface area contributed by atoms with Gasteiger partial charge < -0.3 is 10.1 Å². The van der Waals surface area contributed by atoms with E-state index in [-0.39, 0.29) is 11.7 Å². The summed E-state index contributed by atoms with van der Waals surface area (Å²) < 4.78 is 0. The third kappa shape index (κ3) is 1.99. The van der Waals surface area contributed by atoms with Crippen LogP contribution >= 0.6 is 0 Å². The number of aromatic amines is 1. The molecule has 2 aromatic rings. The Morgan fingerprint density at radius 1 is 1.35 bits per heavy atom. The number of carboxylic acids is 1. The van der Waals surface area contributed by atoms with Crippen LogP contribution in [0.1, 0.15) is 30.1 Å². The van der Waals surface area contributed by atoms with Gasteiger partial charge in [0.25, 0.3) is 0 Å². The third-order valence-corrected chi connectivity index (χ3v) is 4.17. The molecule has 2 heterocycles. The highest BCUT2D eigenvalue weighted by Gasteiger charge is 2.41. The minimum atomic E-state index is -0.870. The first-order valence-corrected chi connectivity index (χ1v) is 6.77. The van der Waals surface area contributed by atoms with Crippen molar-refractivity contribution in [2.45, 2.75) is 19.8 Å². The fourth-order valence-corrected chi connectivity index (χ4v) is 3.21. The van der Waals surface area contributed by atoms with Crippen molar-refractivity contribution < 1.29 is 14.7 Å². The van der Waals surface area contributed by atoms with Gasteiger partial charge in [-0.15, -0.1) is 0 Å². The number of rotatable bonds is 3. The van der Waals surface area contributed by atoms with Gasteiger partial charge in [0.2, 0.25) is 0 Å². The van der Waals surface area contributed by atoms with Gasteiger partial charge in [-0.3, -0.25) is 9.59 Å². The maximum Gasteiger partial charge on any atom is 0.307 e. The largest absolute Gasteiger partial charge is 0.481 e. The highest BCUT2D eigenvalue weighted by molar-refractivity contribution is 6.09. The average molecular weight is 272 g/mol. The molecule has 5 nitrogen and oxygen atoms in total. The molecule has 0 saturated heterocycles. The van der Waals surface area contributed by atoms with E-state index in [1.54, 1.807) is 18.5 Å². The van der Waals surface area contributed by atoms with Crippen LogP contribution in [0.15, 0.2) is 24.5 Å². The van der Waals surface area contributed by atoms with E-state index in [1.807, 2.05) is 13.0 Å². The minimum absolute atomic E-state index is 0.0824. The van der Waals surface area contributed by atoms with Crippen LogP contribution in [0.2, 0.25) is 0 Å². The second-order valence-electron chi connectivity index (χ2n) is 5.59. The van der Waals surface area contributed by atoms with Gasteiger partial charge in [0.1, 0.15) is 5.65 Å². The van der Waals surface area contributed by atoms with Crippen LogP contribution in [0, 0.1) is 17.8 Å². The normalized spacial score (nSPS) is 25.9. The zero-order valence-corrected chi connectivity index (χ0v) is 11.2. The SMILES string of the molecule is CC1CC(C(=O)O)C(C(=O)c2c[nH]c3ncccc23)C1. The third-order valence-electron chi connectivity index (χ3n) is 4.17. The van der Waals surface area contributed by atoms with Crippen LogP contribution < -0.4 is 0 Å². The van der Waals surface area contributed by atoms with Gasteiger partial charge >= 0.3 is 5.97 Å². The zero-order chi connectivity index (χ0) is 14.3. The molecule has 1 aliphatic carbocycles. The molecule has 0 amide bonds. The van der Waals surface area contributed by atoms with E-state index in [0.717, 1.165) is 5.39 Å². The molecule has 3 unspecified atom stereocenters.